The van der Waals surface area contributed by atoms with Gasteiger partial charge in [0, 0.05) is 21.5 Å². The fourth-order valence-electron chi connectivity index (χ4n) is 6.12. The third-order valence-electron chi connectivity index (χ3n) is 8.01. The van der Waals surface area contributed by atoms with Crippen LogP contribution in [0.5, 0.6) is 0 Å². The molecule has 0 aliphatic heterocycles. The Kier molecular flexibility index (Phi) is 2.54. The molecule has 2 nitrogen and oxygen atoms in total. The van der Waals surface area contributed by atoms with Crippen molar-refractivity contribution in [3.8, 4) is 22.3 Å². The number of hydrogen-bond donors (Lipinski definition) is 0. The number of benzene rings is 8. The molecule has 0 atom stereocenters. The molecule has 0 fully saturated rings. The average Bonchev–Trinajstić information content (AvgIpc) is 3.72. The van der Waals surface area contributed by atoms with Gasteiger partial charge in [0.25, 0.3) is 0 Å². The van der Waals surface area contributed by atoms with Gasteiger partial charge in [0.2, 0.25) is 0 Å². The highest BCUT2D eigenvalue weighted by Crippen LogP contribution is 2.43. The number of hydrogen-bond acceptors (Lipinski definition) is 2. The van der Waals surface area contributed by atoms with Crippen molar-refractivity contribution in [1.29, 1.82) is 0 Å². The van der Waals surface area contributed by atoms with E-state index in [9.17, 15) is 6.85 Å². The van der Waals surface area contributed by atoms with E-state index in [1.54, 1.807) is 18.2 Å². The van der Waals surface area contributed by atoms with Crippen molar-refractivity contribution >= 4 is 76.2 Å². The van der Waals surface area contributed by atoms with E-state index in [-0.39, 0.29) is 49.5 Å². The molecule has 0 aliphatic carbocycles. The van der Waals surface area contributed by atoms with Crippen LogP contribution in [0, 0.1) is 0 Å². The minimum atomic E-state index is -0.697. The maximum absolute atomic E-state index is 9.31. The van der Waals surface area contributed by atoms with E-state index in [4.69, 9.17) is 19.8 Å². The molecule has 0 N–H and O–H groups in total. The lowest BCUT2D eigenvalue weighted by atomic mass is 9.87. The summed E-state index contributed by atoms with van der Waals surface area (Å²) in [6.07, 6.45) is 0. The van der Waals surface area contributed by atoms with E-state index in [1.807, 2.05) is 36.4 Å². The summed E-state index contributed by atoms with van der Waals surface area (Å²) in [4.78, 5) is 0. The number of para-hydroxylation sites is 1. The van der Waals surface area contributed by atoms with Crippen LogP contribution in [-0.2, 0) is 0 Å². The molecule has 2 aromatic heterocycles. The summed E-state index contributed by atoms with van der Waals surface area (Å²) >= 11 is 0. The lowest BCUT2D eigenvalue weighted by Crippen LogP contribution is -1.89. The number of fused-ring (bicyclic) bond motifs is 6. The fourth-order valence-corrected chi connectivity index (χ4v) is 6.12. The summed E-state index contributed by atoms with van der Waals surface area (Å²) in [5, 5.41) is 2.54. The average molecular weight is 548 g/mol. The molecule has 0 radical (unpaired) electrons. The molecule has 0 saturated heterocycles. The van der Waals surface area contributed by atoms with Gasteiger partial charge in [-0.15, -0.1) is 0 Å². The Bertz CT molecular complexity index is 3390. The summed E-state index contributed by atoms with van der Waals surface area (Å²) < 4.78 is 128. The quantitative estimate of drug-likeness (QED) is 0.201. The highest BCUT2D eigenvalue weighted by Gasteiger charge is 2.17. The van der Waals surface area contributed by atoms with Crippen LogP contribution in [0.3, 0.4) is 0 Å². The van der Waals surface area contributed by atoms with Crippen LogP contribution in [0.25, 0.3) is 98.4 Å². The van der Waals surface area contributed by atoms with Crippen LogP contribution in [0.4, 0.5) is 0 Å². The van der Waals surface area contributed by atoms with Gasteiger partial charge in [0.05, 0.1) is 17.8 Å². The van der Waals surface area contributed by atoms with Crippen LogP contribution in [-0.4, -0.2) is 0 Å². The van der Waals surface area contributed by atoms with Crippen LogP contribution >= 0.6 is 0 Å². The highest BCUT2D eigenvalue weighted by atomic mass is 16.3. The van der Waals surface area contributed by atoms with E-state index in [1.165, 1.54) is 0 Å². The SMILES string of the molecule is [2H]c1c([2H])c([2H])c(-c2c([2H])c([2H])c3c([2H])c([2H])c4c(-c5ccc6oc7cc8c(cc7c6c5)oc5ccccc58)c([2H])c([2H])c5c([2H])c([2H])c2c3c54)c([2H])c1[2H]. The zero-order valence-corrected chi connectivity index (χ0v) is 21.5. The van der Waals surface area contributed by atoms with Gasteiger partial charge in [0.1, 0.15) is 22.3 Å². The highest BCUT2D eigenvalue weighted by molar-refractivity contribution is 6.28. The molecule has 194 valence electrons. The Hall–Kier alpha value is -5.60. The number of furan rings is 2. The first-order chi connectivity index (χ1) is 26.2. The van der Waals surface area contributed by atoms with Crippen LogP contribution < -0.4 is 0 Å². The molecule has 0 bridgehead atoms. The van der Waals surface area contributed by atoms with Crippen molar-refractivity contribution in [2.45, 2.75) is 0 Å². The lowest BCUT2D eigenvalue weighted by Gasteiger charge is -2.16. The molecule has 42 heavy (non-hydrogen) atoms. The smallest absolute Gasteiger partial charge is 0.136 e. The molecule has 10 aromatic rings. The van der Waals surface area contributed by atoms with Crippen molar-refractivity contribution in [2.75, 3.05) is 0 Å². The molecule has 10 rings (SSSR count). The van der Waals surface area contributed by atoms with Gasteiger partial charge in [-0.25, -0.2) is 0 Å². The van der Waals surface area contributed by atoms with E-state index in [0.717, 1.165) is 10.8 Å². The predicted molar refractivity (Wildman–Crippen MR) is 176 cm³/mol. The second-order valence-electron chi connectivity index (χ2n) is 10.3. The Morgan fingerprint density at radius 3 is 1.69 bits per heavy atom. The topological polar surface area (TPSA) is 26.3 Å². The van der Waals surface area contributed by atoms with Gasteiger partial charge in [-0.05, 0) is 84.9 Å². The molecule has 2 heterocycles. The molecule has 0 unspecified atom stereocenters. The van der Waals surface area contributed by atoms with Crippen molar-refractivity contribution in [1.82, 2.24) is 0 Å². The van der Waals surface area contributed by atoms with Crippen LogP contribution in [0.2, 0.25) is 0 Å². The van der Waals surface area contributed by atoms with Gasteiger partial charge in [-0.3, -0.25) is 0 Å². The van der Waals surface area contributed by atoms with Crippen LogP contribution in [0.1, 0.15) is 17.8 Å². The molecule has 2 heteroatoms. The minimum Gasteiger partial charge on any atom is -0.456 e. The maximum Gasteiger partial charge on any atom is 0.136 e. The molecule has 0 saturated carbocycles. The van der Waals surface area contributed by atoms with Gasteiger partial charge in [-0.1, -0.05) is 103 Å². The van der Waals surface area contributed by atoms with E-state index < -0.39 is 78.1 Å². The molecule has 0 aliphatic rings. The first-order valence-electron chi connectivity index (χ1n) is 19.8. The molecular formula is C40H22O2. The Morgan fingerprint density at radius 2 is 0.976 bits per heavy atom. The van der Waals surface area contributed by atoms with Crippen molar-refractivity contribution in [3.05, 3.63) is 133 Å². The first-order valence-corrected chi connectivity index (χ1v) is 13.3. The van der Waals surface area contributed by atoms with Gasteiger partial charge in [-0.2, -0.15) is 0 Å². The molecule has 0 amide bonds. The van der Waals surface area contributed by atoms with Gasteiger partial charge < -0.3 is 8.83 Å². The molecule has 0 spiro atoms. The minimum absolute atomic E-state index is 0.00275. The standard InChI is InChI=1S/C40H22O2/c1-2-6-23(7-3-1)27-15-10-24-13-18-31-28(16-11-25-12-17-30(27)39(24)40(25)31)26-14-19-36-32(20-26)34-22-37-33(21-38(34)42-36)29-8-4-5-9-35(29)41-37/h1-22H/i1D,2D,3D,6D,7D,10D,11D,12D,13D,15D,16D,17D,18D. The molecular weight excluding hydrogens is 512 g/mol. The summed E-state index contributed by atoms with van der Waals surface area (Å²) in [5.74, 6) is 0. The first kappa shape index (κ1) is 13.4. The van der Waals surface area contributed by atoms with Crippen molar-refractivity contribution in [3.63, 3.8) is 0 Å². The Labute approximate surface area is 258 Å². The summed E-state index contributed by atoms with van der Waals surface area (Å²) in [6, 6.07) is 9.06. The van der Waals surface area contributed by atoms with E-state index >= 15 is 0 Å². The van der Waals surface area contributed by atoms with Gasteiger partial charge in [0.15, 0.2) is 0 Å². The predicted octanol–water partition coefficient (Wildman–Crippen LogP) is 11.7. The zero-order chi connectivity index (χ0) is 38.7. The lowest BCUT2D eigenvalue weighted by molar-refractivity contribution is 0.664. The van der Waals surface area contributed by atoms with E-state index in [2.05, 4.69) is 0 Å². The van der Waals surface area contributed by atoms with E-state index in [0.29, 0.717) is 38.7 Å². The largest absolute Gasteiger partial charge is 0.456 e. The zero-order valence-electron chi connectivity index (χ0n) is 34.5. The summed E-state index contributed by atoms with van der Waals surface area (Å²) in [5.41, 5.74) is 2.12. The monoisotopic (exact) mass is 547 g/mol. The Morgan fingerprint density at radius 1 is 0.405 bits per heavy atom. The second-order valence-corrected chi connectivity index (χ2v) is 10.3. The van der Waals surface area contributed by atoms with Crippen molar-refractivity contribution in [2.24, 2.45) is 0 Å². The van der Waals surface area contributed by atoms with Gasteiger partial charge >= 0.3 is 0 Å². The maximum atomic E-state index is 9.31. The van der Waals surface area contributed by atoms with Crippen molar-refractivity contribution < 1.29 is 26.7 Å². The summed E-state index contributed by atoms with van der Waals surface area (Å²) in [6.45, 7) is 0. The second kappa shape index (κ2) is 7.99. The fraction of sp³-hybridized carbons (Fsp3) is 0. The third-order valence-corrected chi connectivity index (χ3v) is 8.01. The third kappa shape index (κ3) is 2.93. The normalized spacial score (nSPS) is 16.6. The Balaban J connectivity index is 1.36. The van der Waals surface area contributed by atoms with Crippen LogP contribution in [0.15, 0.2) is 142 Å². The summed E-state index contributed by atoms with van der Waals surface area (Å²) in [7, 11) is 0. The number of rotatable bonds is 2. The molecule has 8 aromatic carbocycles.